The Kier molecular flexibility index (Phi) is 12.1. The van der Waals surface area contributed by atoms with Gasteiger partial charge in [0, 0.05) is 25.4 Å². The fraction of sp³-hybridized carbons (Fsp3) is 0.382. The number of carbonyl (C=O) groups excluding carboxylic acids is 3. The molecule has 3 N–H and O–H groups in total. The molecular weight excluding hydrogens is 588 g/mol. The number of amides is 2. The minimum Gasteiger partial charge on any atom is -0.483 e. The molecule has 0 bridgehead atoms. The Balaban J connectivity index is 1.44. The van der Waals surface area contributed by atoms with Crippen LogP contribution >= 0.6 is 0 Å². The van der Waals surface area contributed by atoms with E-state index in [1.54, 1.807) is 67.7 Å². The lowest BCUT2D eigenvalue weighted by atomic mass is 10.1. The van der Waals surface area contributed by atoms with Crippen molar-refractivity contribution in [2.45, 2.75) is 58.7 Å². The fourth-order valence-electron chi connectivity index (χ4n) is 4.92. The predicted molar refractivity (Wildman–Crippen MR) is 174 cm³/mol. The summed E-state index contributed by atoms with van der Waals surface area (Å²) in [6.45, 7) is 6.46. The van der Waals surface area contributed by atoms with Gasteiger partial charge >= 0.3 is 12.1 Å². The zero-order valence-electron chi connectivity index (χ0n) is 26.8. The van der Waals surface area contributed by atoms with E-state index in [-0.39, 0.29) is 31.4 Å². The molecule has 2 unspecified atom stereocenters. The number of nitrogens with one attached hydrogen (secondary N) is 1. The number of aryl methyl sites for hydroxylation is 1. The number of esters is 1. The molecule has 2 aromatic carbocycles. The number of carbonyl (C=O) groups is 3. The van der Waals surface area contributed by atoms with Gasteiger partial charge in [0.25, 0.3) is 5.91 Å². The van der Waals surface area contributed by atoms with Gasteiger partial charge in [-0.15, -0.1) is 0 Å². The third-order valence-corrected chi connectivity index (χ3v) is 7.35. The number of unbranched alkanes of at least 4 members (excludes halogenated alkanes) is 2. The van der Waals surface area contributed by atoms with Crippen molar-refractivity contribution in [1.29, 1.82) is 0 Å². The van der Waals surface area contributed by atoms with Gasteiger partial charge in [-0.1, -0.05) is 38.0 Å². The summed E-state index contributed by atoms with van der Waals surface area (Å²) in [6, 6.07) is 17.7. The number of fused-ring (bicyclic) bond motifs is 1. The fourth-order valence-corrected chi connectivity index (χ4v) is 4.92. The zero-order valence-corrected chi connectivity index (χ0v) is 26.8. The molecule has 0 fully saturated rings. The van der Waals surface area contributed by atoms with Crippen LogP contribution in [0, 0.1) is 0 Å². The lowest BCUT2D eigenvalue weighted by Gasteiger charge is -2.21. The molecule has 0 saturated heterocycles. The number of nitrogens with two attached hydrogens (primary N) is 1. The average Bonchev–Trinajstić information content (AvgIpc) is 3.39. The first kappa shape index (κ1) is 33.9. The lowest BCUT2D eigenvalue weighted by molar-refractivity contribution is -0.142. The second-order valence-electron chi connectivity index (χ2n) is 10.7. The highest BCUT2D eigenvalue weighted by Crippen LogP contribution is 2.26. The monoisotopic (exact) mass is 630 g/mol. The van der Waals surface area contributed by atoms with Crippen LogP contribution in [0.2, 0.25) is 0 Å². The number of imidazole rings is 1. The first-order valence-electron chi connectivity index (χ1n) is 15.5. The molecule has 4 aromatic rings. The van der Waals surface area contributed by atoms with Gasteiger partial charge in [-0.25, -0.2) is 14.8 Å². The Labute approximate surface area is 268 Å². The van der Waals surface area contributed by atoms with Gasteiger partial charge < -0.3 is 29.8 Å². The van der Waals surface area contributed by atoms with Crippen molar-refractivity contribution in [3.8, 4) is 5.75 Å². The largest absolute Gasteiger partial charge is 0.483 e. The summed E-state index contributed by atoms with van der Waals surface area (Å²) in [5.74, 6) is 1.00. The first-order valence-corrected chi connectivity index (χ1v) is 15.5. The number of rotatable bonds is 15. The van der Waals surface area contributed by atoms with Crippen LogP contribution in [-0.4, -0.2) is 52.3 Å². The van der Waals surface area contributed by atoms with Crippen molar-refractivity contribution in [3.63, 3.8) is 0 Å². The Morgan fingerprint density at radius 2 is 1.80 bits per heavy atom. The number of aromatic nitrogens is 3. The standard InChI is InChI=1S/C34H42N6O6/c1-5-7-10-21-45-34(43)38-31(35)24-12-15-26(16-13-24)46-23(3)32-37-27-22-25(14-17-28(27)39(32)4)33(42)40(20-18-30(41)44-6-2)29-11-8-9-19-36-29/h8-9,11-17,19,22-23,31H,5-7,10,18,20-21,35H2,1-4H3,(H,38,43). The van der Waals surface area contributed by atoms with E-state index in [1.165, 1.54) is 4.90 Å². The number of nitrogens with zero attached hydrogens (tertiary/aromatic N) is 4. The molecule has 4 rings (SSSR count). The molecule has 0 aliphatic rings. The SMILES string of the molecule is CCCCCOC(=O)NC(N)c1ccc(OC(C)c2nc3cc(C(=O)N(CCC(=O)OCC)c4ccccn4)ccc3n2C)cc1. The molecule has 12 nitrogen and oxygen atoms in total. The minimum absolute atomic E-state index is 0.0378. The molecule has 0 saturated carbocycles. The van der Waals surface area contributed by atoms with Crippen LogP contribution in [0.3, 0.4) is 0 Å². The summed E-state index contributed by atoms with van der Waals surface area (Å²) < 4.78 is 18.3. The second-order valence-corrected chi connectivity index (χ2v) is 10.7. The highest BCUT2D eigenvalue weighted by atomic mass is 16.5. The minimum atomic E-state index is -0.722. The Bertz CT molecular complexity index is 1610. The van der Waals surface area contributed by atoms with Crippen LogP contribution in [0.15, 0.2) is 66.9 Å². The molecular formula is C34H42N6O6. The van der Waals surface area contributed by atoms with E-state index in [4.69, 9.17) is 24.9 Å². The molecule has 2 aromatic heterocycles. The van der Waals surface area contributed by atoms with Crippen molar-refractivity contribution >= 4 is 34.8 Å². The van der Waals surface area contributed by atoms with E-state index in [1.807, 2.05) is 24.6 Å². The number of benzene rings is 2. The van der Waals surface area contributed by atoms with Gasteiger partial charge in [0.05, 0.1) is 30.7 Å². The number of anilines is 1. The molecule has 244 valence electrons. The number of hydrogen-bond donors (Lipinski definition) is 2. The molecule has 0 radical (unpaired) electrons. The van der Waals surface area contributed by atoms with Crippen molar-refractivity contribution in [2.75, 3.05) is 24.7 Å². The maximum Gasteiger partial charge on any atom is 0.408 e. The smallest absolute Gasteiger partial charge is 0.408 e. The van der Waals surface area contributed by atoms with Gasteiger partial charge in [0.1, 0.15) is 17.7 Å². The van der Waals surface area contributed by atoms with Crippen LogP contribution in [-0.2, 0) is 21.3 Å². The van der Waals surface area contributed by atoms with E-state index in [2.05, 4.69) is 17.2 Å². The molecule has 0 spiro atoms. The molecule has 0 aliphatic heterocycles. The molecule has 0 aliphatic carbocycles. The molecule has 46 heavy (non-hydrogen) atoms. The van der Waals surface area contributed by atoms with Gasteiger partial charge in [0.2, 0.25) is 0 Å². The zero-order chi connectivity index (χ0) is 33.1. The summed E-state index contributed by atoms with van der Waals surface area (Å²) in [5, 5.41) is 2.64. The van der Waals surface area contributed by atoms with E-state index in [9.17, 15) is 14.4 Å². The van der Waals surface area contributed by atoms with Crippen LogP contribution in [0.4, 0.5) is 10.6 Å². The number of pyridine rings is 1. The van der Waals surface area contributed by atoms with E-state index in [0.29, 0.717) is 40.6 Å². The Hall–Kier alpha value is -4.97. The van der Waals surface area contributed by atoms with E-state index < -0.39 is 18.4 Å². The summed E-state index contributed by atoms with van der Waals surface area (Å²) in [6.07, 6.45) is 2.80. The van der Waals surface area contributed by atoms with Gasteiger partial charge in [-0.3, -0.25) is 14.5 Å². The van der Waals surface area contributed by atoms with Gasteiger partial charge in [0.15, 0.2) is 11.9 Å². The first-order chi connectivity index (χ1) is 22.2. The molecule has 2 atom stereocenters. The third-order valence-electron chi connectivity index (χ3n) is 7.35. The number of ether oxygens (including phenoxy) is 3. The number of hydrogen-bond acceptors (Lipinski definition) is 9. The van der Waals surface area contributed by atoms with Gasteiger partial charge in [-0.05, 0) is 68.3 Å². The lowest BCUT2D eigenvalue weighted by Crippen LogP contribution is -2.34. The molecule has 2 heterocycles. The summed E-state index contributed by atoms with van der Waals surface area (Å²) >= 11 is 0. The maximum absolute atomic E-state index is 13.7. The molecule has 12 heteroatoms. The highest BCUT2D eigenvalue weighted by molar-refractivity contribution is 6.07. The number of alkyl carbamates (subject to hydrolysis) is 1. The summed E-state index contributed by atoms with van der Waals surface area (Å²) in [7, 11) is 1.89. The van der Waals surface area contributed by atoms with Crippen molar-refractivity contribution in [1.82, 2.24) is 19.9 Å². The van der Waals surface area contributed by atoms with Crippen molar-refractivity contribution < 1.29 is 28.6 Å². The predicted octanol–water partition coefficient (Wildman–Crippen LogP) is 5.58. The maximum atomic E-state index is 13.7. The Morgan fingerprint density at radius 1 is 1.02 bits per heavy atom. The van der Waals surface area contributed by atoms with Crippen molar-refractivity contribution in [2.24, 2.45) is 12.8 Å². The van der Waals surface area contributed by atoms with Crippen LogP contribution in [0.5, 0.6) is 5.75 Å². The summed E-state index contributed by atoms with van der Waals surface area (Å²) in [5.41, 5.74) is 8.70. The third kappa shape index (κ3) is 8.81. The van der Waals surface area contributed by atoms with Crippen LogP contribution in [0.25, 0.3) is 11.0 Å². The average molecular weight is 631 g/mol. The van der Waals surface area contributed by atoms with Crippen LogP contribution in [0.1, 0.15) is 80.5 Å². The van der Waals surface area contributed by atoms with Crippen molar-refractivity contribution in [3.05, 3.63) is 83.8 Å². The quantitative estimate of drug-likeness (QED) is 0.0974. The second kappa shape index (κ2) is 16.4. The van der Waals surface area contributed by atoms with Gasteiger partial charge in [-0.2, -0.15) is 0 Å². The van der Waals surface area contributed by atoms with E-state index >= 15 is 0 Å². The highest BCUT2D eigenvalue weighted by Gasteiger charge is 2.23. The Morgan fingerprint density at radius 3 is 2.50 bits per heavy atom. The molecule has 2 amide bonds. The topological polar surface area (TPSA) is 151 Å². The summed E-state index contributed by atoms with van der Waals surface area (Å²) in [4.78, 5) is 48.3. The van der Waals surface area contributed by atoms with E-state index in [0.717, 1.165) is 24.8 Å². The normalized spacial score (nSPS) is 12.3. The van der Waals surface area contributed by atoms with Crippen LogP contribution < -0.4 is 20.7 Å².